The van der Waals surface area contributed by atoms with Gasteiger partial charge >= 0.3 is 0 Å². The van der Waals surface area contributed by atoms with Crippen molar-refractivity contribution in [3.8, 4) is 11.3 Å². The third-order valence-corrected chi connectivity index (χ3v) is 8.02. The summed E-state index contributed by atoms with van der Waals surface area (Å²) in [5, 5.41) is 10.3. The van der Waals surface area contributed by atoms with Crippen LogP contribution in [0.4, 0.5) is 11.8 Å². The highest BCUT2D eigenvalue weighted by atomic mass is 32.2. The summed E-state index contributed by atoms with van der Waals surface area (Å²) >= 11 is 0. The van der Waals surface area contributed by atoms with E-state index in [1.165, 1.54) is 6.07 Å². The van der Waals surface area contributed by atoms with Crippen molar-refractivity contribution in [2.45, 2.75) is 31.4 Å². The normalized spacial score (nSPS) is 14.9. The first-order valence-corrected chi connectivity index (χ1v) is 11.9. The number of aromatic nitrogens is 5. The second-order valence-electron chi connectivity index (χ2n) is 8.38. The zero-order valence-corrected chi connectivity index (χ0v) is 19.6. The number of benzene rings is 1. The van der Waals surface area contributed by atoms with E-state index < -0.39 is 20.8 Å². The molecule has 5 rings (SSSR count). The van der Waals surface area contributed by atoms with Crippen molar-refractivity contribution in [3.63, 3.8) is 0 Å². The van der Waals surface area contributed by atoms with Crippen molar-refractivity contribution >= 4 is 33.4 Å². The van der Waals surface area contributed by atoms with Crippen LogP contribution in [-0.2, 0) is 19.0 Å². The van der Waals surface area contributed by atoms with E-state index in [2.05, 4.69) is 20.5 Å². The Balaban J connectivity index is 1.75. The summed E-state index contributed by atoms with van der Waals surface area (Å²) < 4.78 is 31.1. The molecule has 11 nitrogen and oxygen atoms in total. The Kier molecular flexibility index (Phi) is 4.95. The molecule has 3 aromatic heterocycles. The van der Waals surface area contributed by atoms with Crippen LogP contribution in [0.25, 0.3) is 16.9 Å². The number of nitrogens with zero attached hydrogens (tertiary/aromatic N) is 4. The monoisotopic (exact) mass is 481 g/mol. The number of nitrogens with two attached hydrogens (primary N) is 1. The molecule has 0 radical (unpaired) electrons. The lowest BCUT2D eigenvalue weighted by Crippen LogP contribution is -2.23. The molecule has 0 unspecified atom stereocenters. The zero-order chi connectivity index (χ0) is 24.3. The van der Waals surface area contributed by atoms with Gasteiger partial charge < -0.3 is 11.1 Å². The molecule has 3 heterocycles. The van der Waals surface area contributed by atoms with Crippen LogP contribution in [0.1, 0.15) is 40.2 Å². The van der Waals surface area contributed by atoms with E-state index in [4.69, 9.17) is 14.9 Å². The van der Waals surface area contributed by atoms with Crippen molar-refractivity contribution in [1.82, 2.24) is 24.6 Å². The van der Waals surface area contributed by atoms with Gasteiger partial charge in [0, 0.05) is 35.2 Å². The Hall–Kier alpha value is -3.77. The molecular weight excluding hydrogens is 458 g/mol. The molecule has 34 heavy (non-hydrogen) atoms. The number of hydrogen-bond acceptors (Lipinski definition) is 8. The van der Waals surface area contributed by atoms with Gasteiger partial charge in [0.1, 0.15) is 10.4 Å². The molecule has 4 aromatic rings. The molecule has 1 saturated carbocycles. The van der Waals surface area contributed by atoms with Gasteiger partial charge in [-0.2, -0.15) is 13.5 Å². The summed E-state index contributed by atoms with van der Waals surface area (Å²) in [5.41, 5.74) is 9.41. The Morgan fingerprint density at radius 2 is 1.97 bits per heavy atom. The maximum absolute atomic E-state index is 12.8. The molecule has 1 aliphatic carbocycles. The Morgan fingerprint density at radius 1 is 1.21 bits per heavy atom. The van der Waals surface area contributed by atoms with Crippen LogP contribution in [0.5, 0.6) is 0 Å². The highest BCUT2D eigenvalue weighted by molar-refractivity contribution is 7.88. The topological polar surface area (TPSA) is 157 Å². The van der Waals surface area contributed by atoms with E-state index in [0.717, 1.165) is 18.5 Å². The van der Waals surface area contributed by atoms with Crippen LogP contribution >= 0.6 is 0 Å². The average Bonchev–Trinajstić information content (AvgIpc) is 3.39. The lowest BCUT2D eigenvalue weighted by molar-refractivity contribution is 0.100. The van der Waals surface area contributed by atoms with Crippen LogP contribution in [0, 0.1) is 13.8 Å². The quantitative estimate of drug-likeness (QED) is 0.340. The summed E-state index contributed by atoms with van der Waals surface area (Å²) in [6.07, 6.45) is 2.62. The number of H-pyrrole nitrogens is 1. The lowest BCUT2D eigenvalue weighted by atomic mass is 9.97. The number of carbonyl (C=O) groups is 1. The predicted molar refractivity (Wildman–Crippen MR) is 125 cm³/mol. The van der Waals surface area contributed by atoms with Gasteiger partial charge in [-0.3, -0.25) is 18.5 Å². The number of aryl methyl sites for hydroxylation is 2. The first kappa shape index (κ1) is 22.0. The minimum Gasteiger partial charge on any atom is -0.366 e. The minimum atomic E-state index is -3.89. The van der Waals surface area contributed by atoms with Gasteiger partial charge in [0.25, 0.3) is 10.1 Å². The van der Waals surface area contributed by atoms with E-state index in [1.807, 2.05) is 26.1 Å². The van der Waals surface area contributed by atoms with E-state index >= 15 is 0 Å². The van der Waals surface area contributed by atoms with Gasteiger partial charge in [0.05, 0.1) is 18.5 Å². The maximum atomic E-state index is 12.8. The highest BCUT2D eigenvalue weighted by Gasteiger charge is 2.57. The number of nitrogens with one attached hydrogen (secondary N) is 2. The molecule has 1 fully saturated rings. The molecule has 176 valence electrons. The van der Waals surface area contributed by atoms with Crippen molar-refractivity contribution < 1.29 is 17.4 Å². The fourth-order valence-electron chi connectivity index (χ4n) is 4.17. The Labute approximate surface area is 195 Å². The summed E-state index contributed by atoms with van der Waals surface area (Å²) in [4.78, 5) is 21.3. The molecule has 1 aliphatic rings. The van der Waals surface area contributed by atoms with E-state index in [0.29, 0.717) is 47.1 Å². The van der Waals surface area contributed by atoms with Gasteiger partial charge in [0.2, 0.25) is 11.9 Å². The van der Waals surface area contributed by atoms with E-state index in [-0.39, 0.29) is 5.56 Å². The molecule has 0 saturated heterocycles. The van der Waals surface area contributed by atoms with Gasteiger partial charge in [-0.1, -0.05) is 6.07 Å². The second kappa shape index (κ2) is 7.64. The van der Waals surface area contributed by atoms with Gasteiger partial charge in [-0.05, 0) is 44.4 Å². The molecule has 1 amide bonds. The van der Waals surface area contributed by atoms with Crippen LogP contribution in [0.2, 0.25) is 0 Å². The summed E-state index contributed by atoms with van der Waals surface area (Å²) in [6, 6.07) is 8.28. The first-order chi connectivity index (χ1) is 16.1. The van der Waals surface area contributed by atoms with Crippen molar-refractivity contribution in [1.29, 1.82) is 0 Å². The summed E-state index contributed by atoms with van der Waals surface area (Å²) in [5.74, 6) is 0.353. The molecule has 4 N–H and O–H groups in total. The van der Waals surface area contributed by atoms with Gasteiger partial charge in [0.15, 0.2) is 5.82 Å². The van der Waals surface area contributed by atoms with Crippen molar-refractivity contribution in [2.75, 3.05) is 12.4 Å². The van der Waals surface area contributed by atoms with Crippen LogP contribution in [0.3, 0.4) is 0 Å². The SMILES string of the molecule is COS(=O)(=O)C1(c2ccc(C(N)=O)cc2-c2cc3nc(C)cn3c(Nc3cc(C)[nH]n3)n2)CC1. The number of primary amides is 1. The Morgan fingerprint density at radius 3 is 2.59 bits per heavy atom. The molecule has 0 spiro atoms. The first-order valence-electron chi connectivity index (χ1n) is 10.5. The maximum Gasteiger partial charge on any atom is 0.277 e. The zero-order valence-electron chi connectivity index (χ0n) is 18.8. The van der Waals surface area contributed by atoms with E-state index in [9.17, 15) is 13.2 Å². The van der Waals surface area contributed by atoms with Crippen molar-refractivity contribution in [3.05, 3.63) is 59.0 Å². The van der Waals surface area contributed by atoms with Gasteiger partial charge in [-0.25, -0.2) is 9.97 Å². The summed E-state index contributed by atoms with van der Waals surface area (Å²) in [7, 11) is -2.74. The molecule has 0 atom stereocenters. The number of carbonyl (C=O) groups excluding carboxylic acids is 1. The molecule has 1 aromatic carbocycles. The smallest absolute Gasteiger partial charge is 0.277 e. The number of fused-ring (bicyclic) bond motifs is 1. The fraction of sp³-hybridized carbons (Fsp3) is 0.273. The number of amides is 1. The fourth-order valence-corrected chi connectivity index (χ4v) is 5.54. The standard InChI is InChI=1S/C22H23N7O4S/c1-12-8-18(28-27-12)26-21-25-17(10-19-24-13(2)11-29(19)21)15-9-14(20(23)30)4-5-16(15)22(6-7-22)34(31,32)33-3/h4-5,8-11H,6-7H2,1-3H3,(H2,23,30)(H2,25,26,27,28). The average molecular weight is 482 g/mol. The molecular formula is C22H23N7O4S. The third-order valence-electron chi connectivity index (χ3n) is 5.99. The van der Waals surface area contributed by atoms with E-state index in [1.54, 1.807) is 22.6 Å². The van der Waals surface area contributed by atoms with Crippen LogP contribution in [-0.4, -0.2) is 46.0 Å². The predicted octanol–water partition coefficient (Wildman–Crippen LogP) is 2.54. The lowest BCUT2D eigenvalue weighted by Gasteiger charge is -2.20. The number of anilines is 2. The number of aromatic amines is 1. The minimum absolute atomic E-state index is 0.239. The number of hydrogen-bond donors (Lipinski definition) is 3. The van der Waals surface area contributed by atoms with Crippen LogP contribution in [0.15, 0.2) is 36.5 Å². The van der Waals surface area contributed by atoms with Crippen LogP contribution < -0.4 is 11.1 Å². The van der Waals surface area contributed by atoms with Gasteiger partial charge in [-0.15, -0.1) is 0 Å². The Bertz CT molecular complexity index is 1550. The number of imidazole rings is 1. The summed E-state index contributed by atoms with van der Waals surface area (Å²) in [6.45, 7) is 3.74. The largest absolute Gasteiger partial charge is 0.366 e. The second-order valence-corrected chi connectivity index (χ2v) is 10.4. The third kappa shape index (κ3) is 3.51. The molecule has 12 heteroatoms. The highest BCUT2D eigenvalue weighted by Crippen LogP contribution is 2.55. The van der Waals surface area contributed by atoms with Crippen molar-refractivity contribution in [2.24, 2.45) is 5.73 Å². The molecule has 0 aliphatic heterocycles. The molecule has 0 bridgehead atoms. The number of rotatable bonds is 7.